The second-order valence-electron chi connectivity index (χ2n) is 2.91. The molecule has 17 heavy (non-hydrogen) atoms. The molecular formula is C8H16BNO7. The molecule has 0 atom stereocenters. The number of nitrogens with zero attached hydrogens (tertiary/aromatic N) is 1. The molecule has 0 heterocycles. The van der Waals surface area contributed by atoms with Crippen molar-refractivity contribution in [1.82, 2.24) is 4.90 Å². The summed E-state index contributed by atoms with van der Waals surface area (Å²) in [6.07, 6.45) is 1.43. The van der Waals surface area contributed by atoms with Gasteiger partial charge in [0.2, 0.25) is 0 Å². The molecule has 98 valence electrons. The second-order valence-corrected chi connectivity index (χ2v) is 2.91. The van der Waals surface area contributed by atoms with Gasteiger partial charge in [-0.15, -0.1) is 6.58 Å². The smallest absolute Gasteiger partial charge is 0.480 e. The number of carboxylic acid groups (broad SMARTS) is 2. The van der Waals surface area contributed by atoms with Crippen LogP contribution in [0.3, 0.4) is 0 Å². The Balaban J connectivity index is 0. The number of carbonyl (C=O) groups is 2. The SMILES string of the molecule is C=CCOB(O)O.CN(CC(=O)O)CC(=O)O. The van der Waals surface area contributed by atoms with Crippen molar-refractivity contribution >= 4 is 19.3 Å². The highest BCUT2D eigenvalue weighted by molar-refractivity contribution is 6.32. The van der Waals surface area contributed by atoms with Crippen molar-refractivity contribution in [1.29, 1.82) is 0 Å². The van der Waals surface area contributed by atoms with Crippen molar-refractivity contribution in [2.45, 2.75) is 0 Å². The van der Waals surface area contributed by atoms with Crippen LogP contribution in [0, 0.1) is 0 Å². The molecule has 8 nitrogen and oxygen atoms in total. The number of aliphatic carboxylic acids is 2. The van der Waals surface area contributed by atoms with Crippen molar-refractivity contribution in [2.24, 2.45) is 0 Å². The fourth-order valence-corrected chi connectivity index (χ4v) is 0.672. The molecule has 0 radical (unpaired) electrons. The summed E-state index contributed by atoms with van der Waals surface area (Å²) in [4.78, 5) is 21.1. The first-order valence-corrected chi connectivity index (χ1v) is 4.50. The lowest BCUT2D eigenvalue weighted by atomic mass is 10.3. The average molecular weight is 249 g/mol. The van der Waals surface area contributed by atoms with Gasteiger partial charge in [0.25, 0.3) is 0 Å². The zero-order valence-corrected chi connectivity index (χ0v) is 9.44. The van der Waals surface area contributed by atoms with Gasteiger partial charge in [0.05, 0.1) is 19.7 Å². The van der Waals surface area contributed by atoms with E-state index in [1.807, 2.05) is 0 Å². The highest BCUT2D eigenvalue weighted by Gasteiger charge is 2.06. The molecule has 0 saturated carbocycles. The van der Waals surface area contributed by atoms with Crippen molar-refractivity contribution < 1.29 is 34.5 Å². The summed E-state index contributed by atoms with van der Waals surface area (Å²) >= 11 is 0. The van der Waals surface area contributed by atoms with Crippen LogP contribution in [0.25, 0.3) is 0 Å². The maximum Gasteiger partial charge on any atom is 0.634 e. The predicted molar refractivity (Wildman–Crippen MR) is 59.1 cm³/mol. The molecule has 0 spiro atoms. The van der Waals surface area contributed by atoms with E-state index in [4.69, 9.17) is 20.3 Å². The Bertz CT molecular complexity index is 230. The van der Waals surface area contributed by atoms with E-state index in [1.165, 1.54) is 18.0 Å². The summed E-state index contributed by atoms with van der Waals surface area (Å²) in [7, 11) is -0.236. The molecule has 0 fully saturated rings. The quantitative estimate of drug-likeness (QED) is 0.309. The lowest BCUT2D eigenvalue weighted by Crippen LogP contribution is -2.30. The average Bonchev–Trinajstić information content (AvgIpc) is 2.12. The summed E-state index contributed by atoms with van der Waals surface area (Å²) < 4.78 is 4.18. The van der Waals surface area contributed by atoms with E-state index in [2.05, 4.69) is 11.2 Å². The van der Waals surface area contributed by atoms with Crippen LogP contribution in [0.1, 0.15) is 0 Å². The van der Waals surface area contributed by atoms with E-state index in [0.717, 1.165) is 0 Å². The Hall–Kier alpha value is -1.42. The Kier molecular flexibility index (Phi) is 11.7. The molecule has 0 saturated heterocycles. The van der Waals surface area contributed by atoms with Crippen molar-refractivity contribution in [3.05, 3.63) is 12.7 Å². The van der Waals surface area contributed by atoms with Crippen LogP contribution in [0.2, 0.25) is 0 Å². The first kappa shape index (κ1) is 18.0. The summed E-state index contributed by atoms with van der Waals surface area (Å²) in [6, 6.07) is 0. The minimum Gasteiger partial charge on any atom is -0.480 e. The monoisotopic (exact) mass is 249 g/mol. The van der Waals surface area contributed by atoms with E-state index < -0.39 is 19.3 Å². The number of likely N-dealkylation sites (N-methyl/N-ethyl adjacent to an activating group) is 1. The Labute approximate surface area is 98.9 Å². The van der Waals surface area contributed by atoms with Crippen LogP contribution >= 0.6 is 0 Å². The first-order chi connectivity index (χ1) is 7.79. The highest BCUT2D eigenvalue weighted by atomic mass is 16.6. The van der Waals surface area contributed by atoms with Gasteiger partial charge in [-0.3, -0.25) is 14.5 Å². The molecular weight excluding hydrogens is 233 g/mol. The largest absolute Gasteiger partial charge is 0.634 e. The molecule has 0 aromatic rings. The Morgan fingerprint density at radius 3 is 1.88 bits per heavy atom. The summed E-state index contributed by atoms with van der Waals surface area (Å²) in [6.45, 7) is 2.96. The van der Waals surface area contributed by atoms with Gasteiger partial charge in [0, 0.05) is 0 Å². The molecule has 0 amide bonds. The highest BCUT2D eigenvalue weighted by Crippen LogP contribution is 1.80. The zero-order valence-electron chi connectivity index (χ0n) is 9.44. The van der Waals surface area contributed by atoms with Crippen LogP contribution < -0.4 is 0 Å². The summed E-state index contributed by atoms with van der Waals surface area (Å²) in [5, 5.41) is 32.3. The Morgan fingerprint density at radius 2 is 1.71 bits per heavy atom. The maximum absolute atomic E-state index is 9.96. The van der Waals surface area contributed by atoms with Crippen LogP contribution in [-0.4, -0.2) is 71.2 Å². The van der Waals surface area contributed by atoms with E-state index in [9.17, 15) is 9.59 Å². The van der Waals surface area contributed by atoms with Crippen LogP contribution in [0.5, 0.6) is 0 Å². The lowest BCUT2D eigenvalue weighted by Gasteiger charge is -2.08. The van der Waals surface area contributed by atoms with Gasteiger partial charge in [-0.25, -0.2) is 0 Å². The number of rotatable bonds is 7. The molecule has 0 rings (SSSR count). The van der Waals surface area contributed by atoms with E-state index >= 15 is 0 Å². The van der Waals surface area contributed by atoms with Gasteiger partial charge in [-0.05, 0) is 7.05 Å². The molecule has 0 aliphatic carbocycles. The third kappa shape index (κ3) is 20.6. The number of hydrogen-bond donors (Lipinski definition) is 4. The number of hydrogen-bond acceptors (Lipinski definition) is 6. The van der Waals surface area contributed by atoms with E-state index in [-0.39, 0.29) is 19.7 Å². The van der Waals surface area contributed by atoms with E-state index in [0.29, 0.717) is 0 Å². The molecule has 4 N–H and O–H groups in total. The summed E-state index contributed by atoms with van der Waals surface area (Å²) in [5.41, 5.74) is 0. The van der Waals surface area contributed by atoms with Crippen LogP contribution in [-0.2, 0) is 14.2 Å². The topological polar surface area (TPSA) is 128 Å². The summed E-state index contributed by atoms with van der Waals surface area (Å²) in [5.74, 6) is -2.05. The molecule has 0 aliphatic rings. The predicted octanol–water partition coefficient (Wildman–Crippen LogP) is -1.75. The number of carboxylic acids is 2. The van der Waals surface area contributed by atoms with Gasteiger partial charge in [0.15, 0.2) is 0 Å². The van der Waals surface area contributed by atoms with Crippen molar-refractivity contribution in [2.75, 3.05) is 26.7 Å². The van der Waals surface area contributed by atoms with Crippen LogP contribution in [0.15, 0.2) is 12.7 Å². The lowest BCUT2D eigenvalue weighted by molar-refractivity contribution is -0.141. The second kappa shape index (κ2) is 11.1. The Morgan fingerprint density at radius 1 is 1.29 bits per heavy atom. The molecule has 0 aliphatic heterocycles. The minimum absolute atomic E-state index is 0.164. The van der Waals surface area contributed by atoms with Gasteiger partial charge in [0.1, 0.15) is 0 Å². The standard InChI is InChI=1S/C5H9NO4.C3H7BO3/c1-6(2-4(7)8)3-5(9)10;1-2-3-7-4(5)6/h2-3H2,1H3,(H,7,8)(H,9,10);2,5-6H,1,3H2. The molecule has 9 heteroatoms. The third-order valence-corrected chi connectivity index (χ3v) is 1.17. The van der Waals surface area contributed by atoms with Gasteiger partial charge >= 0.3 is 19.3 Å². The van der Waals surface area contributed by atoms with Gasteiger partial charge in [-0.1, -0.05) is 6.08 Å². The first-order valence-electron chi connectivity index (χ1n) is 4.50. The van der Waals surface area contributed by atoms with Gasteiger partial charge < -0.3 is 24.9 Å². The normalized spacial score (nSPS) is 9.18. The van der Waals surface area contributed by atoms with Crippen molar-refractivity contribution in [3.63, 3.8) is 0 Å². The molecule has 0 aromatic carbocycles. The molecule has 0 unspecified atom stereocenters. The molecule has 0 bridgehead atoms. The third-order valence-electron chi connectivity index (χ3n) is 1.17. The maximum atomic E-state index is 9.96. The van der Waals surface area contributed by atoms with Crippen LogP contribution in [0.4, 0.5) is 0 Å². The minimum atomic E-state index is -1.67. The zero-order chi connectivity index (χ0) is 13.8. The van der Waals surface area contributed by atoms with Gasteiger partial charge in [-0.2, -0.15) is 0 Å². The molecule has 0 aromatic heterocycles. The van der Waals surface area contributed by atoms with Crippen molar-refractivity contribution in [3.8, 4) is 0 Å². The fraction of sp³-hybridized carbons (Fsp3) is 0.500. The fourth-order valence-electron chi connectivity index (χ4n) is 0.672. The van der Waals surface area contributed by atoms with E-state index in [1.54, 1.807) is 0 Å².